The Balaban J connectivity index is 1.76. The van der Waals surface area contributed by atoms with Crippen LogP contribution in [0.1, 0.15) is 78.6 Å². The predicted molar refractivity (Wildman–Crippen MR) is 91.2 cm³/mol. The number of Topliss-reactive ketones (excluding diaryl/α,β-unsaturated/α-hetero) is 1. The van der Waals surface area contributed by atoms with Crippen molar-refractivity contribution >= 4 is 22.6 Å². The van der Waals surface area contributed by atoms with Crippen LogP contribution in [0.3, 0.4) is 0 Å². The summed E-state index contributed by atoms with van der Waals surface area (Å²) in [6, 6.07) is 0. The molecule has 0 saturated heterocycles. The van der Waals surface area contributed by atoms with Crippen molar-refractivity contribution in [2.75, 3.05) is 0 Å². The third-order valence-electron chi connectivity index (χ3n) is 8.80. The summed E-state index contributed by atoms with van der Waals surface area (Å²) in [5.74, 6) is 1.50. The zero-order valence-corrected chi connectivity index (χ0v) is 15.5. The van der Waals surface area contributed by atoms with Crippen molar-refractivity contribution in [1.29, 1.82) is 0 Å². The Morgan fingerprint density at radius 2 is 1.74 bits per heavy atom. The van der Waals surface area contributed by atoms with Gasteiger partial charge in [0.15, 0.2) is 0 Å². The summed E-state index contributed by atoms with van der Waals surface area (Å²) in [6.45, 7) is 6.73. The van der Waals surface area contributed by atoms with Crippen LogP contribution in [0.2, 0.25) is 0 Å². The molecule has 128 valence electrons. The standard InChI is InChI=1S/C20H29ClO2/c1-17-9-5-14-18(2)7-4-8-19(3,16(21)23)13(18)6-10-20(14,12-17)11-15(17)22/h13-14H,4-12H2,1-3H3/t13-,14-,17-,18+,19+,20-/m0/s1. The molecule has 0 aliphatic heterocycles. The third kappa shape index (κ3) is 1.88. The van der Waals surface area contributed by atoms with E-state index in [9.17, 15) is 9.59 Å². The lowest BCUT2D eigenvalue weighted by atomic mass is 9.40. The average molecular weight is 337 g/mol. The van der Waals surface area contributed by atoms with Crippen LogP contribution >= 0.6 is 11.6 Å². The highest BCUT2D eigenvalue weighted by Crippen LogP contribution is 2.73. The number of carbonyl (C=O) groups excluding carboxylic acids is 2. The zero-order valence-electron chi connectivity index (χ0n) is 14.7. The lowest BCUT2D eigenvalue weighted by Gasteiger charge is -2.64. The molecule has 4 aliphatic rings. The Bertz CT molecular complexity index is 586. The van der Waals surface area contributed by atoms with Gasteiger partial charge in [-0.1, -0.05) is 27.2 Å². The molecule has 0 N–H and O–H groups in total. The minimum atomic E-state index is -0.362. The second kappa shape index (κ2) is 4.62. The largest absolute Gasteiger partial charge is 0.299 e. The summed E-state index contributed by atoms with van der Waals surface area (Å²) in [5, 5.41) is -0.132. The van der Waals surface area contributed by atoms with E-state index in [1.54, 1.807) is 0 Å². The van der Waals surface area contributed by atoms with E-state index in [1.807, 2.05) is 0 Å². The summed E-state index contributed by atoms with van der Waals surface area (Å²) in [4.78, 5) is 24.9. The molecule has 0 aromatic heterocycles. The van der Waals surface area contributed by atoms with E-state index in [0.29, 0.717) is 17.6 Å². The summed E-state index contributed by atoms with van der Waals surface area (Å²) >= 11 is 6.08. The first-order chi connectivity index (χ1) is 10.7. The third-order valence-corrected chi connectivity index (χ3v) is 9.24. The molecule has 0 unspecified atom stereocenters. The van der Waals surface area contributed by atoms with Gasteiger partial charge in [-0.15, -0.1) is 0 Å². The van der Waals surface area contributed by atoms with Gasteiger partial charge in [-0.25, -0.2) is 0 Å². The first kappa shape index (κ1) is 16.1. The second-order valence-electron chi connectivity index (χ2n) is 9.93. The molecule has 0 radical (unpaired) electrons. The summed E-state index contributed by atoms with van der Waals surface area (Å²) in [5.41, 5.74) is -0.00973. The minimum absolute atomic E-state index is 0.0556. The molecule has 4 fully saturated rings. The molecule has 0 aromatic carbocycles. The van der Waals surface area contributed by atoms with E-state index in [1.165, 1.54) is 12.8 Å². The van der Waals surface area contributed by atoms with Crippen molar-refractivity contribution in [2.24, 2.45) is 33.5 Å². The van der Waals surface area contributed by atoms with Crippen molar-refractivity contribution in [1.82, 2.24) is 0 Å². The van der Waals surface area contributed by atoms with Crippen molar-refractivity contribution in [3.63, 3.8) is 0 Å². The summed E-state index contributed by atoms with van der Waals surface area (Å²) in [7, 11) is 0. The number of hydrogen-bond acceptors (Lipinski definition) is 2. The van der Waals surface area contributed by atoms with Gasteiger partial charge in [0.1, 0.15) is 5.78 Å². The normalized spacial score (nSPS) is 55.2. The van der Waals surface area contributed by atoms with Gasteiger partial charge in [0.05, 0.1) is 0 Å². The fourth-order valence-corrected chi connectivity index (χ4v) is 7.97. The van der Waals surface area contributed by atoms with Gasteiger partial charge in [0.2, 0.25) is 5.24 Å². The van der Waals surface area contributed by atoms with Crippen molar-refractivity contribution in [3.8, 4) is 0 Å². The Kier molecular flexibility index (Phi) is 3.24. The molecular formula is C20H29ClO2. The number of carbonyl (C=O) groups is 2. The first-order valence-electron chi connectivity index (χ1n) is 9.40. The molecule has 4 saturated carbocycles. The lowest BCUT2D eigenvalue weighted by molar-refractivity contribution is -0.163. The van der Waals surface area contributed by atoms with Gasteiger partial charge in [0.25, 0.3) is 0 Å². The first-order valence-corrected chi connectivity index (χ1v) is 9.77. The van der Waals surface area contributed by atoms with Gasteiger partial charge in [-0.3, -0.25) is 9.59 Å². The molecule has 0 heterocycles. The van der Waals surface area contributed by atoms with Gasteiger partial charge in [0, 0.05) is 17.3 Å². The van der Waals surface area contributed by atoms with E-state index < -0.39 is 0 Å². The van der Waals surface area contributed by atoms with Crippen LogP contribution in [0.4, 0.5) is 0 Å². The SMILES string of the molecule is C[C@@]12CC[C@@H]3[C@@](CC[C@H]4[C@@]3(C)CCC[C@@]4(C)C(=O)Cl)(CC1=O)C2. The maximum Gasteiger partial charge on any atom is 0.227 e. The van der Waals surface area contributed by atoms with Gasteiger partial charge < -0.3 is 0 Å². The molecule has 4 aliphatic carbocycles. The second-order valence-corrected chi connectivity index (χ2v) is 10.3. The van der Waals surface area contributed by atoms with Gasteiger partial charge in [-0.2, -0.15) is 0 Å². The topological polar surface area (TPSA) is 34.1 Å². The quantitative estimate of drug-likeness (QED) is 0.622. The van der Waals surface area contributed by atoms with Crippen LogP contribution in [-0.2, 0) is 9.59 Å². The highest BCUT2D eigenvalue weighted by molar-refractivity contribution is 6.64. The monoisotopic (exact) mass is 336 g/mol. The molecular weight excluding hydrogens is 308 g/mol. The number of ketones is 1. The smallest absolute Gasteiger partial charge is 0.227 e. The van der Waals surface area contributed by atoms with Gasteiger partial charge >= 0.3 is 0 Å². The van der Waals surface area contributed by atoms with E-state index in [0.717, 1.165) is 44.9 Å². The molecule has 6 atom stereocenters. The molecule has 2 bridgehead atoms. The lowest BCUT2D eigenvalue weighted by Crippen LogP contribution is -2.58. The van der Waals surface area contributed by atoms with Crippen LogP contribution in [0, 0.1) is 33.5 Å². The Labute approximate surface area is 144 Å². The maximum absolute atomic E-state index is 12.7. The van der Waals surface area contributed by atoms with Crippen molar-refractivity contribution in [3.05, 3.63) is 0 Å². The minimum Gasteiger partial charge on any atom is -0.299 e. The molecule has 1 spiro atoms. The number of halogens is 1. The van der Waals surface area contributed by atoms with Crippen LogP contribution in [0.15, 0.2) is 0 Å². The summed E-state index contributed by atoms with van der Waals surface area (Å²) < 4.78 is 0. The van der Waals surface area contributed by atoms with Crippen molar-refractivity contribution in [2.45, 2.75) is 78.6 Å². The van der Waals surface area contributed by atoms with Crippen LogP contribution < -0.4 is 0 Å². The van der Waals surface area contributed by atoms with E-state index >= 15 is 0 Å². The predicted octanol–water partition coefficient (Wildman–Crippen LogP) is 5.12. The number of fused-ring (bicyclic) bond motifs is 3. The molecule has 0 aromatic rings. The average Bonchev–Trinajstić information content (AvgIpc) is 2.63. The van der Waals surface area contributed by atoms with Crippen LogP contribution in [0.5, 0.6) is 0 Å². The Morgan fingerprint density at radius 3 is 2.43 bits per heavy atom. The van der Waals surface area contributed by atoms with Gasteiger partial charge in [-0.05, 0) is 79.2 Å². The number of rotatable bonds is 1. The fraction of sp³-hybridized carbons (Fsp3) is 0.900. The van der Waals surface area contributed by atoms with Crippen LogP contribution in [0.25, 0.3) is 0 Å². The molecule has 23 heavy (non-hydrogen) atoms. The van der Waals surface area contributed by atoms with E-state index in [-0.39, 0.29) is 26.9 Å². The van der Waals surface area contributed by atoms with E-state index in [2.05, 4.69) is 20.8 Å². The fourth-order valence-electron chi connectivity index (χ4n) is 7.74. The maximum atomic E-state index is 12.7. The highest BCUT2D eigenvalue weighted by atomic mass is 35.5. The van der Waals surface area contributed by atoms with E-state index in [4.69, 9.17) is 11.6 Å². The molecule has 3 heteroatoms. The molecule has 4 rings (SSSR count). The van der Waals surface area contributed by atoms with Crippen molar-refractivity contribution < 1.29 is 9.59 Å². The van der Waals surface area contributed by atoms with Crippen LogP contribution in [-0.4, -0.2) is 11.0 Å². The molecule has 0 amide bonds. The zero-order chi connectivity index (χ0) is 16.7. The summed E-state index contributed by atoms with van der Waals surface area (Å²) in [6.07, 6.45) is 9.54. The Hall–Kier alpha value is -0.370. The molecule has 2 nitrogen and oxygen atoms in total. The Morgan fingerprint density at radius 1 is 1.04 bits per heavy atom. The highest BCUT2D eigenvalue weighted by Gasteiger charge is 2.67. The number of hydrogen-bond donors (Lipinski definition) is 0.